The predicted molar refractivity (Wildman–Crippen MR) is 115 cm³/mol. The fraction of sp³-hybridized carbons (Fsp3) is 0.182. The Labute approximate surface area is 172 Å². The van der Waals surface area contributed by atoms with Gasteiger partial charge in [-0.3, -0.25) is 19.4 Å². The number of hydrogen-bond acceptors (Lipinski definition) is 5. The molecular formula is C22H21N5O3. The number of benzene rings is 2. The number of aryl methyl sites for hydroxylation is 2. The molecule has 30 heavy (non-hydrogen) atoms. The van der Waals surface area contributed by atoms with Crippen molar-refractivity contribution < 1.29 is 9.59 Å². The minimum absolute atomic E-state index is 0.0914. The van der Waals surface area contributed by atoms with E-state index in [0.717, 1.165) is 16.8 Å². The first kappa shape index (κ1) is 19.4. The number of rotatable bonds is 4. The number of carbonyl (C=O) groups is 2. The molecule has 1 atom stereocenters. The highest BCUT2D eigenvalue weighted by molar-refractivity contribution is 6.04. The van der Waals surface area contributed by atoms with E-state index in [0.29, 0.717) is 5.69 Å². The Morgan fingerprint density at radius 1 is 0.967 bits per heavy atom. The van der Waals surface area contributed by atoms with E-state index in [9.17, 15) is 14.4 Å². The summed E-state index contributed by atoms with van der Waals surface area (Å²) in [7, 11) is 0. The summed E-state index contributed by atoms with van der Waals surface area (Å²) in [4.78, 5) is 44.8. The Balaban J connectivity index is 1.62. The first-order valence-electron chi connectivity index (χ1n) is 9.54. The Morgan fingerprint density at radius 3 is 2.20 bits per heavy atom. The summed E-state index contributed by atoms with van der Waals surface area (Å²) < 4.78 is 0. The van der Waals surface area contributed by atoms with Crippen LogP contribution in [0.5, 0.6) is 0 Å². The highest BCUT2D eigenvalue weighted by Gasteiger charge is 2.34. The van der Waals surface area contributed by atoms with Crippen molar-refractivity contribution in [1.82, 2.24) is 9.97 Å². The molecule has 4 rings (SSSR count). The lowest BCUT2D eigenvalue weighted by Gasteiger charge is -2.23. The maximum Gasteiger partial charge on any atom is 0.258 e. The van der Waals surface area contributed by atoms with Crippen LogP contribution in [0.3, 0.4) is 0 Å². The van der Waals surface area contributed by atoms with Crippen molar-refractivity contribution in [3.8, 4) is 0 Å². The smallest absolute Gasteiger partial charge is 0.258 e. The van der Waals surface area contributed by atoms with Gasteiger partial charge in [0.2, 0.25) is 17.8 Å². The van der Waals surface area contributed by atoms with Crippen LogP contribution in [0.25, 0.3) is 0 Å². The standard InChI is InChI=1S/C22H21N5O3/c1-12-3-7-14(8-4-12)23-20(29)16-11-17(28)25-19-18(16)21(30)27-22(26-19)24-15-9-5-13(2)6-10-15/h3-10,16H,11H2,1-2H3,(H,23,29)(H3,24,25,26,27,28,30). The molecule has 0 aliphatic carbocycles. The van der Waals surface area contributed by atoms with Gasteiger partial charge in [-0.1, -0.05) is 35.4 Å². The summed E-state index contributed by atoms with van der Waals surface area (Å²) >= 11 is 0. The zero-order valence-corrected chi connectivity index (χ0v) is 16.6. The molecule has 1 unspecified atom stereocenters. The molecule has 4 N–H and O–H groups in total. The number of hydrogen-bond donors (Lipinski definition) is 4. The molecule has 2 amide bonds. The van der Waals surface area contributed by atoms with Crippen LogP contribution in [0.1, 0.15) is 29.0 Å². The van der Waals surface area contributed by atoms with Crippen LogP contribution in [0, 0.1) is 13.8 Å². The van der Waals surface area contributed by atoms with Crippen molar-refractivity contribution in [3.05, 3.63) is 75.6 Å². The third-order valence-electron chi connectivity index (χ3n) is 4.90. The van der Waals surface area contributed by atoms with E-state index < -0.39 is 17.4 Å². The topological polar surface area (TPSA) is 116 Å². The zero-order chi connectivity index (χ0) is 21.3. The Kier molecular flexibility index (Phi) is 5.05. The van der Waals surface area contributed by atoms with Crippen molar-refractivity contribution >= 4 is 35.0 Å². The quantitative estimate of drug-likeness (QED) is 0.534. The summed E-state index contributed by atoms with van der Waals surface area (Å²) in [6.07, 6.45) is -0.125. The minimum Gasteiger partial charge on any atom is -0.326 e. The molecule has 8 heteroatoms. The molecule has 0 bridgehead atoms. The van der Waals surface area contributed by atoms with Gasteiger partial charge in [-0.25, -0.2) is 0 Å². The van der Waals surface area contributed by atoms with E-state index in [1.807, 2.05) is 50.2 Å². The molecule has 1 aliphatic rings. The molecule has 1 aromatic heterocycles. The lowest BCUT2D eigenvalue weighted by Crippen LogP contribution is -2.36. The second-order valence-electron chi connectivity index (χ2n) is 7.33. The summed E-state index contributed by atoms with van der Waals surface area (Å²) in [5.74, 6) is -1.46. The highest BCUT2D eigenvalue weighted by Crippen LogP contribution is 2.30. The van der Waals surface area contributed by atoms with Gasteiger partial charge in [0.1, 0.15) is 5.82 Å². The van der Waals surface area contributed by atoms with E-state index >= 15 is 0 Å². The van der Waals surface area contributed by atoms with Crippen LogP contribution in [-0.2, 0) is 9.59 Å². The van der Waals surface area contributed by atoms with E-state index in [4.69, 9.17) is 0 Å². The normalized spacial score (nSPS) is 15.1. The second kappa shape index (κ2) is 7.82. The van der Waals surface area contributed by atoms with Crippen LogP contribution < -0.4 is 21.5 Å². The van der Waals surface area contributed by atoms with E-state index in [1.165, 1.54) is 0 Å². The first-order valence-corrected chi connectivity index (χ1v) is 9.54. The van der Waals surface area contributed by atoms with Crippen LogP contribution in [-0.4, -0.2) is 21.8 Å². The molecule has 0 saturated heterocycles. The largest absolute Gasteiger partial charge is 0.326 e. The number of H-pyrrole nitrogens is 1. The Morgan fingerprint density at radius 2 is 1.57 bits per heavy atom. The van der Waals surface area contributed by atoms with Gasteiger partial charge < -0.3 is 16.0 Å². The van der Waals surface area contributed by atoms with Gasteiger partial charge in [-0.05, 0) is 38.1 Å². The van der Waals surface area contributed by atoms with Crippen LogP contribution in [0.2, 0.25) is 0 Å². The third-order valence-corrected chi connectivity index (χ3v) is 4.90. The fourth-order valence-electron chi connectivity index (χ4n) is 3.29. The highest BCUT2D eigenvalue weighted by atomic mass is 16.2. The Hall–Kier alpha value is -3.94. The van der Waals surface area contributed by atoms with Gasteiger partial charge in [0.05, 0.1) is 11.5 Å². The average Bonchev–Trinajstić information content (AvgIpc) is 2.70. The first-order chi connectivity index (χ1) is 14.4. The molecule has 0 saturated carbocycles. The molecule has 0 radical (unpaired) electrons. The van der Waals surface area contributed by atoms with Crippen molar-refractivity contribution in [2.75, 3.05) is 16.0 Å². The summed E-state index contributed by atoms with van der Waals surface area (Å²) in [6.45, 7) is 3.92. The molecule has 0 spiro atoms. The zero-order valence-electron chi connectivity index (χ0n) is 16.6. The second-order valence-corrected chi connectivity index (χ2v) is 7.33. The molecule has 1 aliphatic heterocycles. The minimum atomic E-state index is -0.931. The van der Waals surface area contributed by atoms with E-state index in [2.05, 4.69) is 25.9 Å². The maximum absolute atomic E-state index is 12.8. The summed E-state index contributed by atoms with van der Waals surface area (Å²) in [6, 6.07) is 14.8. The number of amides is 2. The van der Waals surface area contributed by atoms with Crippen molar-refractivity contribution in [1.29, 1.82) is 0 Å². The van der Waals surface area contributed by atoms with Gasteiger partial charge in [0, 0.05) is 17.8 Å². The lowest BCUT2D eigenvalue weighted by molar-refractivity contribution is -0.123. The van der Waals surface area contributed by atoms with Gasteiger partial charge >= 0.3 is 0 Å². The van der Waals surface area contributed by atoms with E-state index in [-0.39, 0.29) is 29.7 Å². The number of anilines is 4. The number of nitrogens with one attached hydrogen (secondary N) is 4. The molecule has 2 aromatic carbocycles. The van der Waals surface area contributed by atoms with Crippen molar-refractivity contribution in [2.45, 2.75) is 26.2 Å². The molecule has 2 heterocycles. The van der Waals surface area contributed by atoms with Gasteiger partial charge in [0.15, 0.2) is 0 Å². The monoisotopic (exact) mass is 403 g/mol. The molecule has 3 aromatic rings. The van der Waals surface area contributed by atoms with Crippen LogP contribution in [0.4, 0.5) is 23.1 Å². The van der Waals surface area contributed by atoms with Crippen LogP contribution in [0.15, 0.2) is 53.3 Å². The van der Waals surface area contributed by atoms with Crippen LogP contribution >= 0.6 is 0 Å². The fourth-order valence-corrected chi connectivity index (χ4v) is 3.29. The maximum atomic E-state index is 12.8. The number of aromatic amines is 1. The molecule has 0 fully saturated rings. The predicted octanol–water partition coefficient (Wildman–Crippen LogP) is 3.19. The summed E-state index contributed by atoms with van der Waals surface area (Å²) in [5, 5.41) is 8.38. The average molecular weight is 403 g/mol. The van der Waals surface area contributed by atoms with Crippen molar-refractivity contribution in [3.63, 3.8) is 0 Å². The number of fused-ring (bicyclic) bond motifs is 1. The number of carbonyl (C=O) groups excluding carboxylic acids is 2. The number of nitrogens with zero attached hydrogens (tertiary/aromatic N) is 1. The molecule has 152 valence electrons. The molecular weight excluding hydrogens is 382 g/mol. The van der Waals surface area contributed by atoms with Gasteiger partial charge in [-0.15, -0.1) is 0 Å². The van der Waals surface area contributed by atoms with Gasteiger partial charge in [-0.2, -0.15) is 4.98 Å². The van der Waals surface area contributed by atoms with Gasteiger partial charge in [0.25, 0.3) is 5.56 Å². The Bertz CT molecular complexity index is 1170. The molecule has 8 nitrogen and oxygen atoms in total. The third kappa shape index (κ3) is 4.07. The lowest BCUT2D eigenvalue weighted by atomic mass is 9.92. The summed E-state index contributed by atoms with van der Waals surface area (Å²) in [5.41, 5.74) is 3.17. The van der Waals surface area contributed by atoms with Crippen molar-refractivity contribution in [2.24, 2.45) is 0 Å². The van der Waals surface area contributed by atoms with E-state index in [1.54, 1.807) is 12.1 Å². The number of aromatic nitrogens is 2. The SMILES string of the molecule is Cc1ccc(NC(=O)C2CC(=O)Nc3nc(Nc4ccc(C)cc4)[nH]c(=O)c32)cc1.